The van der Waals surface area contributed by atoms with Crippen LogP contribution in [0.4, 0.5) is 0 Å². The third-order valence-electron chi connectivity index (χ3n) is 5.38. The highest BCUT2D eigenvalue weighted by Crippen LogP contribution is 2.26. The average Bonchev–Trinajstić information content (AvgIpc) is 3.29. The van der Waals surface area contributed by atoms with Crippen LogP contribution in [-0.2, 0) is 0 Å². The fourth-order valence-electron chi connectivity index (χ4n) is 3.52. The van der Waals surface area contributed by atoms with Crippen molar-refractivity contribution in [1.82, 2.24) is 10.2 Å². The van der Waals surface area contributed by atoms with Crippen molar-refractivity contribution in [1.29, 1.82) is 0 Å². The molecule has 2 aromatic carbocycles. The molecule has 0 unspecified atom stereocenters. The first kappa shape index (κ1) is 23.3. The summed E-state index contributed by atoms with van der Waals surface area (Å²) in [6.45, 7) is 3.03. The standard InChI is InChI=1S/C26H33ClN2O2/c1-2-3-4-5-6-7-8-9-10-11-20-30-24-18-14-22(15-19-24)26-29-28-25(31-26)21-12-16-23(27)17-13-21/h12-19H,2-11,20H2,1H3. The van der Waals surface area contributed by atoms with Crippen molar-refractivity contribution in [2.45, 2.75) is 71.1 Å². The Bertz CT molecular complexity index is 875. The van der Waals surface area contributed by atoms with Gasteiger partial charge in [0.25, 0.3) is 0 Å². The Morgan fingerprint density at radius 1 is 0.677 bits per heavy atom. The first-order chi connectivity index (χ1) is 15.3. The minimum Gasteiger partial charge on any atom is -0.494 e. The molecule has 1 aromatic heterocycles. The molecule has 0 atom stereocenters. The maximum absolute atomic E-state index is 5.93. The molecular weight excluding hydrogens is 408 g/mol. The monoisotopic (exact) mass is 440 g/mol. The summed E-state index contributed by atoms with van der Waals surface area (Å²) in [7, 11) is 0. The molecule has 31 heavy (non-hydrogen) atoms. The Labute approximate surface area is 191 Å². The van der Waals surface area contributed by atoms with E-state index in [4.69, 9.17) is 20.8 Å². The highest BCUT2D eigenvalue weighted by molar-refractivity contribution is 6.30. The van der Waals surface area contributed by atoms with E-state index < -0.39 is 0 Å². The van der Waals surface area contributed by atoms with E-state index >= 15 is 0 Å². The number of ether oxygens (including phenoxy) is 1. The number of hydrogen-bond acceptors (Lipinski definition) is 4. The second-order valence-corrected chi connectivity index (χ2v) is 8.41. The van der Waals surface area contributed by atoms with Gasteiger partial charge in [-0.05, 0) is 55.0 Å². The lowest BCUT2D eigenvalue weighted by Crippen LogP contribution is -1.97. The summed E-state index contributed by atoms with van der Waals surface area (Å²) < 4.78 is 11.7. The minimum absolute atomic E-state index is 0.480. The van der Waals surface area contributed by atoms with Gasteiger partial charge in [0.1, 0.15) is 5.75 Å². The molecule has 4 nitrogen and oxygen atoms in total. The molecule has 0 amide bonds. The number of hydrogen-bond donors (Lipinski definition) is 0. The highest BCUT2D eigenvalue weighted by atomic mass is 35.5. The largest absolute Gasteiger partial charge is 0.494 e. The van der Waals surface area contributed by atoms with Crippen molar-refractivity contribution in [3.05, 3.63) is 53.6 Å². The van der Waals surface area contributed by atoms with Gasteiger partial charge in [-0.1, -0.05) is 76.3 Å². The van der Waals surface area contributed by atoms with E-state index in [2.05, 4.69) is 17.1 Å². The summed E-state index contributed by atoms with van der Waals surface area (Å²) in [5.74, 6) is 1.84. The first-order valence-corrected chi connectivity index (χ1v) is 12.0. The van der Waals surface area contributed by atoms with Crippen LogP contribution in [0.15, 0.2) is 52.9 Å². The van der Waals surface area contributed by atoms with Crippen LogP contribution in [0.2, 0.25) is 5.02 Å². The predicted molar refractivity (Wildman–Crippen MR) is 128 cm³/mol. The van der Waals surface area contributed by atoms with Crippen LogP contribution in [0.5, 0.6) is 5.75 Å². The number of benzene rings is 2. The molecule has 166 valence electrons. The second kappa shape index (κ2) is 13.2. The fourth-order valence-corrected chi connectivity index (χ4v) is 3.65. The number of rotatable bonds is 14. The molecule has 0 saturated carbocycles. The van der Waals surface area contributed by atoms with Gasteiger partial charge >= 0.3 is 0 Å². The van der Waals surface area contributed by atoms with E-state index in [0.717, 1.165) is 29.9 Å². The molecule has 0 aliphatic rings. The Hall–Kier alpha value is -2.33. The highest BCUT2D eigenvalue weighted by Gasteiger charge is 2.10. The summed E-state index contributed by atoms with van der Waals surface area (Å²) in [6.07, 6.45) is 13.3. The van der Waals surface area contributed by atoms with Crippen LogP contribution in [0.25, 0.3) is 22.9 Å². The van der Waals surface area contributed by atoms with Crippen molar-refractivity contribution >= 4 is 11.6 Å². The van der Waals surface area contributed by atoms with E-state index in [1.54, 1.807) is 0 Å². The van der Waals surface area contributed by atoms with E-state index in [0.29, 0.717) is 16.8 Å². The van der Waals surface area contributed by atoms with Crippen molar-refractivity contribution in [2.24, 2.45) is 0 Å². The van der Waals surface area contributed by atoms with Gasteiger partial charge in [0.05, 0.1) is 6.61 Å². The molecule has 0 saturated heterocycles. The summed E-state index contributed by atoms with van der Waals surface area (Å²) in [5.41, 5.74) is 1.72. The smallest absolute Gasteiger partial charge is 0.248 e. The molecule has 0 bridgehead atoms. The maximum atomic E-state index is 5.93. The van der Waals surface area contributed by atoms with Gasteiger partial charge in [-0.25, -0.2) is 0 Å². The van der Waals surface area contributed by atoms with Crippen LogP contribution < -0.4 is 4.74 Å². The number of aromatic nitrogens is 2. The zero-order valence-corrected chi connectivity index (χ0v) is 19.2. The quantitative estimate of drug-likeness (QED) is 0.236. The van der Waals surface area contributed by atoms with E-state index in [1.807, 2.05) is 48.5 Å². The topological polar surface area (TPSA) is 48.2 Å². The van der Waals surface area contributed by atoms with Gasteiger partial charge in [0.2, 0.25) is 11.8 Å². The molecular formula is C26H33ClN2O2. The Morgan fingerprint density at radius 2 is 1.16 bits per heavy atom. The lowest BCUT2D eigenvalue weighted by atomic mass is 10.1. The van der Waals surface area contributed by atoms with Crippen molar-refractivity contribution in [3.63, 3.8) is 0 Å². The van der Waals surface area contributed by atoms with Crippen molar-refractivity contribution in [2.75, 3.05) is 6.61 Å². The van der Waals surface area contributed by atoms with E-state index in [-0.39, 0.29) is 0 Å². The summed E-state index contributed by atoms with van der Waals surface area (Å²) in [6, 6.07) is 15.2. The molecule has 0 aliphatic carbocycles. The zero-order chi connectivity index (χ0) is 21.7. The number of unbranched alkanes of at least 4 members (excludes halogenated alkanes) is 9. The summed E-state index contributed by atoms with van der Waals surface area (Å²) >= 11 is 5.93. The molecule has 1 heterocycles. The Morgan fingerprint density at radius 3 is 1.71 bits per heavy atom. The zero-order valence-electron chi connectivity index (χ0n) is 18.5. The van der Waals surface area contributed by atoms with Crippen LogP contribution in [0.1, 0.15) is 71.1 Å². The fraction of sp³-hybridized carbons (Fsp3) is 0.462. The second-order valence-electron chi connectivity index (χ2n) is 7.97. The molecule has 3 rings (SSSR count). The SMILES string of the molecule is CCCCCCCCCCCCOc1ccc(-c2nnc(-c3ccc(Cl)cc3)o2)cc1. The van der Waals surface area contributed by atoms with Crippen LogP contribution in [0, 0.1) is 0 Å². The van der Waals surface area contributed by atoms with Crippen LogP contribution in [0.3, 0.4) is 0 Å². The number of nitrogens with zero attached hydrogens (tertiary/aromatic N) is 2. The molecule has 0 radical (unpaired) electrons. The summed E-state index contributed by atoms with van der Waals surface area (Å²) in [5, 5.41) is 8.97. The van der Waals surface area contributed by atoms with Gasteiger partial charge in [-0.2, -0.15) is 0 Å². The van der Waals surface area contributed by atoms with Gasteiger partial charge in [0, 0.05) is 16.1 Å². The van der Waals surface area contributed by atoms with E-state index in [1.165, 1.54) is 57.8 Å². The Kier molecular flexibility index (Phi) is 9.91. The van der Waals surface area contributed by atoms with Gasteiger partial charge in [0.15, 0.2) is 0 Å². The Balaban J connectivity index is 1.34. The van der Waals surface area contributed by atoms with E-state index in [9.17, 15) is 0 Å². The molecule has 0 N–H and O–H groups in total. The molecule has 0 spiro atoms. The molecule has 5 heteroatoms. The first-order valence-electron chi connectivity index (χ1n) is 11.6. The lowest BCUT2D eigenvalue weighted by Gasteiger charge is -2.06. The molecule has 3 aromatic rings. The van der Waals surface area contributed by atoms with Crippen molar-refractivity contribution < 1.29 is 9.15 Å². The van der Waals surface area contributed by atoms with Crippen molar-refractivity contribution in [3.8, 4) is 28.7 Å². The molecule has 0 aliphatic heterocycles. The minimum atomic E-state index is 0.480. The normalized spacial score (nSPS) is 11.0. The average molecular weight is 441 g/mol. The third kappa shape index (κ3) is 8.02. The van der Waals surface area contributed by atoms with Crippen LogP contribution >= 0.6 is 11.6 Å². The summed E-state index contributed by atoms with van der Waals surface area (Å²) in [4.78, 5) is 0. The maximum Gasteiger partial charge on any atom is 0.248 e. The lowest BCUT2D eigenvalue weighted by molar-refractivity contribution is 0.304. The number of halogens is 1. The third-order valence-corrected chi connectivity index (χ3v) is 5.64. The predicted octanol–water partition coefficient (Wildman–Crippen LogP) is 8.36. The van der Waals surface area contributed by atoms with Gasteiger partial charge in [-0.15, -0.1) is 10.2 Å². The molecule has 0 fully saturated rings. The van der Waals surface area contributed by atoms with Gasteiger partial charge < -0.3 is 9.15 Å². The van der Waals surface area contributed by atoms with Gasteiger partial charge in [-0.3, -0.25) is 0 Å². The van der Waals surface area contributed by atoms with Crippen LogP contribution in [-0.4, -0.2) is 16.8 Å².